The molecule has 0 unspecified atom stereocenters. The quantitative estimate of drug-likeness (QED) is 0.803. The van der Waals surface area contributed by atoms with E-state index >= 15 is 0 Å². The second-order valence-electron chi connectivity index (χ2n) is 6.60. The molecule has 1 amide bonds. The van der Waals surface area contributed by atoms with Gasteiger partial charge in [0.25, 0.3) is 5.91 Å². The summed E-state index contributed by atoms with van der Waals surface area (Å²) in [5.74, 6) is -1.09. The van der Waals surface area contributed by atoms with E-state index in [1.54, 1.807) is 38.2 Å². The summed E-state index contributed by atoms with van der Waals surface area (Å²) >= 11 is 0. The number of esters is 1. The first kappa shape index (κ1) is 17.1. The number of ether oxygens (including phenoxy) is 1. The number of carbonyl (C=O) groups excluding carboxylic acids is 2. The Bertz CT molecular complexity index is 818. The topological polar surface area (TPSA) is 46.6 Å². The number of rotatable bonds is 3. The molecule has 1 heterocycles. The van der Waals surface area contributed by atoms with E-state index in [1.165, 1.54) is 17.0 Å². The summed E-state index contributed by atoms with van der Waals surface area (Å²) in [5.41, 5.74) is 0.858. The van der Waals surface area contributed by atoms with Gasteiger partial charge in [-0.3, -0.25) is 4.79 Å². The Hall–Kier alpha value is -2.69. The van der Waals surface area contributed by atoms with Gasteiger partial charge in [0.05, 0.1) is 11.6 Å². The molecule has 2 aromatic carbocycles. The lowest BCUT2D eigenvalue weighted by Crippen LogP contribution is -2.52. The molecular weight excluding hydrogens is 321 g/mol. The zero-order valence-corrected chi connectivity index (χ0v) is 14.5. The van der Waals surface area contributed by atoms with Gasteiger partial charge in [-0.05, 0) is 43.2 Å². The molecule has 0 fully saturated rings. The van der Waals surface area contributed by atoms with E-state index in [0.29, 0.717) is 12.0 Å². The van der Waals surface area contributed by atoms with Gasteiger partial charge < -0.3 is 9.64 Å². The minimum Gasteiger partial charge on any atom is -0.445 e. The van der Waals surface area contributed by atoms with Crippen molar-refractivity contribution in [3.8, 4) is 0 Å². The molecule has 0 bridgehead atoms. The summed E-state index contributed by atoms with van der Waals surface area (Å²) in [7, 11) is 1.66. The van der Waals surface area contributed by atoms with Crippen LogP contribution < -0.4 is 0 Å². The van der Waals surface area contributed by atoms with Gasteiger partial charge in [-0.25, -0.2) is 9.18 Å². The lowest BCUT2D eigenvalue weighted by atomic mass is 9.88. The monoisotopic (exact) mass is 341 g/mol. The third kappa shape index (κ3) is 3.14. The molecule has 0 aromatic heterocycles. The van der Waals surface area contributed by atoms with Crippen LogP contribution >= 0.6 is 0 Å². The fraction of sp³-hybridized carbons (Fsp3) is 0.300. The third-order valence-electron chi connectivity index (χ3n) is 4.79. The molecule has 3 rings (SSSR count). The van der Waals surface area contributed by atoms with Crippen molar-refractivity contribution in [2.45, 2.75) is 31.9 Å². The van der Waals surface area contributed by atoms with Gasteiger partial charge in [0, 0.05) is 13.5 Å². The number of likely N-dealkylation sites (N-methyl/N-ethyl adjacent to an activating group) is 1. The lowest BCUT2D eigenvalue weighted by Gasteiger charge is -2.38. The van der Waals surface area contributed by atoms with Gasteiger partial charge in [-0.15, -0.1) is 0 Å². The van der Waals surface area contributed by atoms with Crippen LogP contribution in [0, 0.1) is 5.82 Å². The summed E-state index contributed by atoms with van der Waals surface area (Å²) in [5, 5.41) is 0. The summed E-state index contributed by atoms with van der Waals surface area (Å²) < 4.78 is 18.6. The molecule has 1 aliphatic rings. The standard InChI is InChI=1S/C20H20FNO3/c1-13(14-8-10-16(21)11-9-14)22(3)19(24)20(2)12-15-6-4-5-7-17(15)18(23)25-20/h4-11,13H,12H2,1-3H3/t13-,20+/m0/s1. The summed E-state index contributed by atoms with van der Waals surface area (Å²) in [4.78, 5) is 26.8. The van der Waals surface area contributed by atoms with Crippen LogP contribution in [-0.4, -0.2) is 29.4 Å². The van der Waals surface area contributed by atoms with Crippen LogP contribution in [0.5, 0.6) is 0 Å². The number of amides is 1. The molecule has 4 nitrogen and oxygen atoms in total. The molecule has 0 N–H and O–H groups in total. The molecule has 130 valence electrons. The minimum absolute atomic E-state index is 0.277. The first-order valence-corrected chi connectivity index (χ1v) is 8.16. The van der Waals surface area contributed by atoms with Crippen molar-refractivity contribution in [2.75, 3.05) is 7.05 Å². The van der Waals surface area contributed by atoms with Crippen LogP contribution in [0.15, 0.2) is 48.5 Å². The van der Waals surface area contributed by atoms with Gasteiger partial charge in [0.1, 0.15) is 5.82 Å². The number of nitrogens with zero attached hydrogens (tertiary/aromatic N) is 1. The average Bonchev–Trinajstić information content (AvgIpc) is 2.60. The summed E-state index contributed by atoms with van der Waals surface area (Å²) in [6, 6.07) is 12.9. The van der Waals surface area contributed by atoms with E-state index in [2.05, 4.69) is 0 Å². The molecular formula is C20H20FNO3. The Labute approximate surface area is 146 Å². The zero-order chi connectivity index (χ0) is 18.2. The first-order chi connectivity index (χ1) is 11.8. The smallest absolute Gasteiger partial charge is 0.339 e. The Balaban J connectivity index is 1.84. The van der Waals surface area contributed by atoms with Gasteiger partial charge >= 0.3 is 5.97 Å². The zero-order valence-electron chi connectivity index (χ0n) is 14.5. The maximum atomic E-state index is 13.1. The van der Waals surface area contributed by atoms with E-state index in [1.807, 2.05) is 19.1 Å². The number of carbonyl (C=O) groups is 2. The minimum atomic E-state index is -1.26. The third-order valence-corrected chi connectivity index (χ3v) is 4.79. The molecule has 25 heavy (non-hydrogen) atoms. The Morgan fingerprint density at radius 3 is 2.52 bits per heavy atom. The van der Waals surface area contributed by atoms with Gasteiger partial charge in [-0.2, -0.15) is 0 Å². The second-order valence-corrected chi connectivity index (χ2v) is 6.60. The summed E-state index contributed by atoms with van der Waals surface area (Å²) in [6.07, 6.45) is 0.328. The highest BCUT2D eigenvalue weighted by atomic mass is 19.1. The van der Waals surface area contributed by atoms with Crippen LogP contribution in [0.25, 0.3) is 0 Å². The van der Waals surface area contributed by atoms with Gasteiger partial charge in [0.15, 0.2) is 5.60 Å². The number of benzene rings is 2. The van der Waals surface area contributed by atoms with Crippen molar-refractivity contribution < 1.29 is 18.7 Å². The van der Waals surface area contributed by atoms with E-state index in [9.17, 15) is 14.0 Å². The number of fused-ring (bicyclic) bond motifs is 1. The fourth-order valence-corrected chi connectivity index (χ4v) is 3.17. The van der Waals surface area contributed by atoms with Crippen molar-refractivity contribution in [3.05, 3.63) is 71.0 Å². The highest BCUT2D eigenvalue weighted by Crippen LogP contribution is 2.31. The molecule has 0 saturated heterocycles. The molecule has 0 aliphatic carbocycles. The predicted molar refractivity (Wildman–Crippen MR) is 91.6 cm³/mol. The molecule has 2 atom stereocenters. The molecule has 5 heteroatoms. The van der Waals surface area contributed by atoms with Crippen LogP contribution in [0.4, 0.5) is 4.39 Å². The normalized spacial score (nSPS) is 20.4. The highest BCUT2D eigenvalue weighted by Gasteiger charge is 2.44. The van der Waals surface area contributed by atoms with Crippen LogP contribution in [0.1, 0.15) is 41.4 Å². The highest BCUT2D eigenvalue weighted by molar-refractivity contribution is 5.97. The molecule has 0 spiro atoms. The number of hydrogen-bond donors (Lipinski definition) is 0. The van der Waals surface area contributed by atoms with Crippen molar-refractivity contribution in [2.24, 2.45) is 0 Å². The maximum absolute atomic E-state index is 13.1. The Morgan fingerprint density at radius 2 is 1.84 bits per heavy atom. The van der Waals surface area contributed by atoms with E-state index in [4.69, 9.17) is 4.74 Å². The lowest BCUT2D eigenvalue weighted by molar-refractivity contribution is -0.151. The predicted octanol–water partition coefficient (Wildman–Crippen LogP) is 3.52. The Kier molecular flexibility index (Phi) is 4.33. The van der Waals surface area contributed by atoms with Crippen molar-refractivity contribution in [1.29, 1.82) is 0 Å². The van der Waals surface area contributed by atoms with Gasteiger partial charge in [0.2, 0.25) is 0 Å². The summed E-state index contributed by atoms with van der Waals surface area (Å²) in [6.45, 7) is 3.49. The van der Waals surface area contributed by atoms with E-state index in [-0.39, 0.29) is 17.8 Å². The van der Waals surface area contributed by atoms with Crippen LogP contribution in [0.2, 0.25) is 0 Å². The van der Waals surface area contributed by atoms with Crippen molar-refractivity contribution >= 4 is 11.9 Å². The number of hydrogen-bond acceptors (Lipinski definition) is 3. The molecule has 0 saturated carbocycles. The Morgan fingerprint density at radius 1 is 1.20 bits per heavy atom. The first-order valence-electron chi connectivity index (χ1n) is 8.16. The largest absolute Gasteiger partial charge is 0.445 e. The van der Waals surface area contributed by atoms with Crippen molar-refractivity contribution in [1.82, 2.24) is 4.90 Å². The van der Waals surface area contributed by atoms with E-state index in [0.717, 1.165) is 11.1 Å². The van der Waals surface area contributed by atoms with E-state index < -0.39 is 11.6 Å². The van der Waals surface area contributed by atoms with Crippen molar-refractivity contribution in [3.63, 3.8) is 0 Å². The molecule has 1 aliphatic heterocycles. The molecule has 0 radical (unpaired) electrons. The van der Waals surface area contributed by atoms with Gasteiger partial charge in [-0.1, -0.05) is 30.3 Å². The SMILES string of the molecule is C[C@@H](c1ccc(F)cc1)N(C)C(=O)[C@@]1(C)Cc2ccccc2C(=O)O1. The molecule has 2 aromatic rings. The fourth-order valence-electron chi connectivity index (χ4n) is 3.17. The average molecular weight is 341 g/mol. The van der Waals surface area contributed by atoms with Crippen LogP contribution in [-0.2, 0) is 16.0 Å². The van der Waals surface area contributed by atoms with Crippen LogP contribution in [0.3, 0.4) is 0 Å². The number of halogens is 1. The second kappa shape index (κ2) is 6.31. The number of cyclic esters (lactones) is 1. The maximum Gasteiger partial charge on any atom is 0.339 e.